The fourth-order valence-corrected chi connectivity index (χ4v) is 1.68. The van der Waals surface area contributed by atoms with Crippen LogP contribution in [0.1, 0.15) is 12.0 Å². The van der Waals surface area contributed by atoms with Gasteiger partial charge in [-0.15, -0.1) is 0 Å². The summed E-state index contributed by atoms with van der Waals surface area (Å²) in [5, 5.41) is 9.00. The number of amides is 1. The van der Waals surface area contributed by atoms with Crippen LogP contribution < -0.4 is 0 Å². The van der Waals surface area contributed by atoms with Gasteiger partial charge in [0.05, 0.1) is 0 Å². The number of rotatable bonds is 1. The SMILES string of the molecule is O=C(O)N1CC=C(c2cnc(Cl)nc2)CC1. The van der Waals surface area contributed by atoms with Gasteiger partial charge in [-0.05, 0) is 23.6 Å². The molecule has 1 aliphatic heterocycles. The largest absolute Gasteiger partial charge is 0.465 e. The van der Waals surface area contributed by atoms with E-state index >= 15 is 0 Å². The monoisotopic (exact) mass is 239 g/mol. The van der Waals surface area contributed by atoms with E-state index in [4.69, 9.17) is 16.7 Å². The Morgan fingerprint density at radius 3 is 2.62 bits per heavy atom. The first-order valence-corrected chi connectivity index (χ1v) is 5.19. The number of carbonyl (C=O) groups is 1. The third-order valence-corrected chi connectivity index (χ3v) is 2.67. The molecule has 0 spiro atoms. The van der Waals surface area contributed by atoms with Gasteiger partial charge in [-0.3, -0.25) is 0 Å². The van der Waals surface area contributed by atoms with E-state index in [1.807, 2.05) is 6.08 Å². The topological polar surface area (TPSA) is 66.3 Å². The summed E-state index contributed by atoms with van der Waals surface area (Å²) in [6.07, 6.45) is 4.97. The lowest BCUT2D eigenvalue weighted by Crippen LogP contribution is -2.33. The molecule has 0 radical (unpaired) electrons. The maximum absolute atomic E-state index is 10.7. The highest BCUT2D eigenvalue weighted by atomic mass is 35.5. The second kappa shape index (κ2) is 4.49. The molecule has 0 atom stereocenters. The van der Waals surface area contributed by atoms with Gasteiger partial charge in [-0.1, -0.05) is 6.08 Å². The Hall–Kier alpha value is -1.62. The number of nitrogens with zero attached hydrogens (tertiary/aromatic N) is 3. The van der Waals surface area contributed by atoms with E-state index in [0.717, 1.165) is 11.1 Å². The quantitative estimate of drug-likeness (QED) is 0.760. The molecule has 0 aromatic carbocycles. The summed E-state index contributed by atoms with van der Waals surface area (Å²) in [6, 6.07) is 0. The van der Waals surface area contributed by atoms with Crippen LogP contribution in [0.15, 0.2) is 18.5 Å². The Bertz CT molecular complexity index is 430. The summed E-state index contributed by atoms with van der Waals surface area (Å²) >= 11 is 5.59. The van der Waals surface area contributed by atoms with Crippen molar-refractivity contribution in [2.45, 2.75) is 6.42 Å². The van der Waals surface area contributed by atoms with Gasteiger partial charge in [0.2, 0.25) is 5.28 Å². The average molecular weight is 240 g/mol. The molecule has 0 saturated heterocycles. The van der Waals surface area contributed by atoms with Gasteiger partial charge in [0, 0.05) is 31.0 Å². The van der Waals surface area contributed by atoms with Crippen LogP contribution in [0.2, 0.25) is 5.28 Å². The summed E-state index contributed by atoms with van der Waals surface area (Å²) in [6.45, 7) is 0.914. The average Bonchev–Trinajstić information content (AvgIpc) is 2.30. The van der Waals surface area contributed by atoms with Crippen molar-refractivity contribution in [1.29, 1.82) is 0 Å². The maximum atomic E-state index is 10.7. The van der Waals surface area contributed by atoms with E-state index in [-0.39, 0.29) is 5.28 Å². The van der Waals surface area contributed by atoms with E-state index in [9.17, 15) is 4.79 Å². The Morgan fingerprint density at radius 1 is 1.44 bits per heavy atom. The first-order valence-electron chi connectivity index (χ1n) is 4.81. The van der Waals surface area contributed by atoms with Crippen molar-refractivity contribution in [2.24, 2.45) is 0 Å². The van der Waals surface area contributed by atoms with Crippen molar-refractivity contribution < 1.29 is 9.90 Å². The van der Waals surface area contributed by atoms with Crippen LogP contribution in [-0.4, -0.2) is 39.2 Å². The molecule has 1 N–H and O–H groups in total. The molecule has 0 bridgehead atoms. The van der Waals surface area contributed by atoms with Gasteiger partial charge in [-0.25, -0.2) is 14.8 Å². The van der Waals surface area contributed by atoms with Crippen molar-refractivity contribution in [2.75, 3.05) is 13.1 Å². The minimum atomic E-state index is -0.886. The van der Waals surface area contributed by atoms with Crippen LogP contribution >= 0.6 is 11.6 Å². The van der Waals surface area contributed by atoms with Crippen molar-refractivity contribution in [3.8, 4) is 0 Å². The van der Waals surface area contributed by atoms with Gasteiger partial charge >= 0.3 is 6.09 Å². The fourth-order valence-electron chi connectivity index (χ4n) is 1.58. The smallest absolute Gasteiger partial charge is 0.407 e. The van der Waals surface area contributed by atoms with Crippen LogP contribution in [0.4, 0.5) is 4.79 Å². The molecule has 1 aliphatic rings. The van der Waals surface area contributed by atoms with Crippen molar-refractivity contribution >= 4 is 23.3 Å². The molecule has 1 aromatic rings. The Labute approximate surface area is 97.4 Å². The van der Waals surface area contributed by atoms with E-state index in [2.05, 4.69) is 9.97 Å². The zero-order valence-electron chi connectivity index (χ0n) is 8.43. The summed E-state index contributed by atoms with van der Waals surface area (Å²) in [5.41, 5.74) is 1.96. The molecular weight excluding hydrogens is 230 g/mol. The zero-order valence-corrected chi connectivity index (χ0v) is 9.18. The van der Waals surface area contributed by atoms with E-state index in [1.54, 1.807) is 12.4 Å². The summed E-state index contributed by atoms with van der Waals surface area (Å²) < 4.78 is 0. The van der Waals surface area contributed by atoms with Crippen molar-refractivity contribution in [3.63, 3.8) is 0 Å². The Balaban J connectivity index is 2.13. The molecule has 1 aromatic heterocycles. The van der Waals surface area contributed by atoms with E-state index in [1.165, 1.54) is 4.90 Å². The van der Waals surface area contributed by atoms with Crippen LogP contribution in [-0.2, 0) is 0 Å². The minimum absolute atomic E-state index is 0.215. The first kappa shape index (κ1) is 10.9. The third-order valence-electron chi connectivity index (χ3n) is 2.47. The molecule has 5 nitrogen and oxygen atoms in total. The van der Waals surface area contributed by atoms with Crippen molar-refractivity contribution in [1.82, 2.24) is 14.9 Å². The number of hydrogen-bond donors (Lipinski definition) is 1. The van der Waals surface area contributed by atoms with Gasteiger partial charge in [0.15, 0.2) is 0 Å². The lowest BCUT2D eigenvalue weighted by molar-refractivity contribution is 0.150. The predicted octanol–water partition coefficient (Wildman–Crippen LogP) is 1.90. The van der Waals surface area contributed by atoms with Gasteiger partial charge in [0.25, 0.3) is 0 Å². The minimum Gasteiger partial charge on any atom is -0.465 e. The molecule has 2 rings (SSSR count). The van der Waals surface area contributed by atoms with E-state index in [0.29, 0.717) is 19.5 Å². The summed E-state index contributed by atoms with van der Waals surface area (Å²) in [4.78, 5) is 19.8. The number of aromatic nitrogens is 2. The van der Waals surface area contributed by atoms with Crippen molar-refractivity contribution in [3.05, 3.63) is 29.3 Å². The maximum Gasteiger partial charge on any atom is 0.407 e. The molecule has 0 saturated carbocycles. The lowest BCUT2D eigenvalue weighted by atomic mass is 10.0. The molecular formula is C10H10ClN3O2. The number of halogens is 1. The Morgan fingerprint density at radius 2 is 2.12 bits per heavy atom. The second-order valence-corrected chi connectivity index (χ2v) is 3.79. The number of hydrogen-bond acceptors (Lipinski definition) is 3. The van der Waals surface area contributed by atoms with E-state index < -0.39 is 6.09 Å². The second-order valence-electron chi connectivity index (χ2n) is 3.45. The predicted molar refractivity (Wildman–Crippen MR) is 59.2 cm³/mol. The molecule has 0 aliphatic carbocycles. The van der Waals surface area contributed by atoms with Gasteiger partial charge < -0.3 is 10.0 Å². The van der Waals surface area contributed by atoms with Crippen LogP contribution in [0.25, 0.3) is 5.57 Å². The third kappa shape index (κ3) is 2.30. The molecule has 2 heterocycles. The highest BCUT2D eigenvalue weighted by Gasteiger charge is 2.16. The number of carboxylic acid groups (broad SMARTS) is 1. The highest BCUT2D eigenvalue weighted by Crippen LogP contribution is 2.21. The fraction of sp³-hybridized carbons (Fsp3) is 0.300. The van der Waals surface area contributed by atoms with Gasteiger partial charge in [-0.2, -0.15) is 0 Å². The normalized spacial score (nSPS) is 15.8. The molecule has 84 valence electrons. The summed E-state index contributed by atoms with van der Waals surface area (Å²) in [5.74, 6) is 0. The zero-order chi connectivity index (χ0) is 11.5. The molecule has 0 unspecified atom stereocenters. The van der Waals surface area contributed by atoms with Crippen LogP contribution in [0, 0.1) is 0 Å². The van der Waals surface area contributed by atoms with Gasteiger partial charge in [0.1, 0.15) is 0 Å². The molecule has 0 fully saturated rings. The summed E-state index contributed by atoms with van der Waals surface area (Å²) in [7, 11) is 0. The standard InChI is InChI=1S/C10H10ClN3O2/c11-9-12-5-8(6-13-9)7-1-3-14(4-2-7)10(15)16/h1,5-6H,2-4H2,(H,15,16). The molecule has 16 heavy (non-hydrogen) atoms. The molecule has 6 heteroatoms. The van der Waals surface area contributed by atoms with Crippen LogP contribution in [0.3, 0.4) is 0 Å². The highest BCUT2D eigenvalue weighted by molar-refractivity contribution is 6.28. The lowest BCUT2D eigenvalue weighted by Gasteiger charge is -2.23. The first-order chi connectivity index (χ1) is 7.66. The van der Waals surface area contributed by atoms with Crippen LogP contribution in [0.5, 0.6) is 0 Å². The molecule has 1 amide bonds. The Kier molecular flexibility index (Phi) is 3.05.